The van der Waals surface area contributed by atoms with Crippen molar-refractivity contribution in [3.8, 4) is 0 Å². The summed E-state index contributed by atoms with van der Waals surface area (Å²) < 4.78 is 28.4. The van der Waals surface area contributed by atoms with Gasteiger partial charge in [0.05, 0.1) is 25.6 Å². The van der Waals surface area contributed by atoms with Gasteiger partial charge in [0, 0.05) is 24.7 Å². The van der Waals surface area contributed by atoms with Crippen LogP contribution in [-0.4, -0.2) is 48.7 Å². The molecule has 41 heavy (non-hydrogen) atoms. The second kappa shape index (κ2) is 13.8. The summed E-state index contributed by atoms with van der Waals surface area (Å²) in [6.07, 6.45) is 0.669. The van der Waals surface area contributed by atoms with Crippen molar-refractivity contribution in [1.29, 1.82) is 0 Å². The van der Waals surface area contributed by atoms with Gasteiger partial charge in [-0.25, -0.2) is 8.42 Å². The zero-order valence-electron chi connectivity index (χ0n) is 22.7. The second-order valence-electron chi connectivity index (χ2n) is 9.36. The summed E-state index contributed by atoms with van der Waals surface area (Å²) in [5.74, 6) is -1.10. The Balaban J connectivity index is 2.05. The summed E-state index contributed by atoms with van der Waals surface area (Å²) in [5.41, 5.74) is 0.372. The molecule has 0 aliphatic heterocycles. The lowest BCUT2D eigenvalue weighted by atomic mass is 10.1. The van der Waals surface area contributed by atoms with E-state index in [1.54, 1.807) is 43.3 Å². The highest BCUT2D eigenvalue weighted by Crippen LogP contribution is 2.27. The van der Waals surface area contributed by atoms with Gasteiger partial charge in [0.2, 0.25) is 11.8 Å². The van der Waals surface area contributed by atoms with Gasteiger partial charge in [-0.15, -0.1) is 0 Å². The lowest BCUT2D eigenvalue weighted by Crippen LogP contribution is -2.52. The molecule has 0 aliphatic carbocycles. The van der Waals surface area contributed by atoms with Gasteiger partial charge < -0.3 is 10.2 Å². The third-order valence-corrected chi connectivity index (χ3v) is 8.99. The van der Waals surface area contributed by atoms with Crippen molar-refractivity contribution >= 4 is 56.4 Å². The normalized spacial score (nSPS) is 12.7. The van der Waals surface area contributed by atoms with E-state index in [1.807, 2.05) is 13.8 Å². The first-order valence-corrected chi connectivity index (χ1v) is 14.9. The van der Waals surface area contributed by atoms with E-state index in [4.69, 9.17) is 23.2 Å². The summed E-state index contributed by atoms with van der Waals surface area (Å²) in [5, 5.41) is 14.6. The van der Waals surface area contributed by atoms with Crippen molar-refractivity contribution in [1.82, 2.24) is 10.2 Å². The number of non-ortho nitro benzene ring substituents is 1. The number of rotatable bonds is 12. The number of anilines is 1. The molecule has 0 unspecified atom stereocenters. The highest BCUT2D eigenvalue weighted by molar-refractivity contribution is 7.92. The van der Waals surface area contributed by atoms with Crippen LogP contribution in [0.1, 0.15) is 32.8 Å². The molecule has 0 radical (unpaired) electrons. The van der Waals surface area contributed by atoms with Gasteiger partial charge >= 0.3 is 0 Å². The van der Waals surface area contributed by atoms with Crippen LogP contribution in [0, 0.1) is 10.1 Å². The summed E-state index contributed by atoms with van der Waals surface area (Å²) in [4.78, 5) is 38.8. The zero-order chi connectivity index (χ0) is 30.3. The summed E-state index contributed by atoms with van der Waals surface area (Å²) >= 11 is 12.2. The van der Waals surface area contributed by atoms with Crippen LogP contribution in [-0.2, 0) is 26.2 Å². The molecule has 2 amide bonds. The van der Waals surface area contributed by atoms with Gasteiger partial charge in [0.25, 0.3) is 15.7 Å². The quantitative estimate of drug-likeness (QED) is 0.212. The number of benzene rings is 3. The van der Waals surface area contributed by atoms with Gasteiger partial charge in [0.15, 0.2) is 0 Å². The van der Waals surface area contributed by atoms with E-state index < -0.39 is 39.3 Å². The Bertz CT molecular complexity index is 1500. The highest BCUT2D eigenvalue weighted by atomic mass is 35.5. The summed E-state index contributed by atoms with van der Waals surface area (Å²) in [6.45, 7) is 4.54. The van der Waals surface area contributed by atoms with Crippen LogP contribution in [0.5, 0.6) is 0 Å². The molecule has 0 fully saturated rings. The number of amides is 2. The minimum absolute atomic E-state index is 0.0407. The van der Waals surface area contributed by atoms with Gasteiger partial charge in [0.1, 0.15) is 12.6 Å². The number of nitrogens with zero attached hydrogens (tertiary/aromatic N) is 3. The van der Waals surface area contributed by atoms with E-state index >= 15 is 0 Å². The molecular formula is C28H30Cl2N4O6S. The van der Waals surface area contributed by atoms with E-state index in [0.717, 1.165) is 16.4 Å². The van der Waals surface area contributed by atoms with Gasteiger partial charge in [-0.05, 0) is 62.2 Å². The Morgan fingerprint density at radius 1 is 0.976 bits per heavy atom. The molecule has 3 rings (SSSR count). The minimum Gasteiger partial charge on any atom is -0.352 e. The number of nitrogens with one attached hydrogen (secondary N) is 1. The molecule has 0 saturated carbocycles. The largest absolute Gasteiger partial charge is 0.352 e. The van der Waals surface area contributed by atoms with Crippen LogP contribution in [0.25, 0.3) is 0 Å². The number of carbonyl (C=O) groups is 2. The smallest absolute Gasteiger partial charge is 0.269 e. The molecule has 218 valence electrons. The number of nitro benzene ring substituents is 1. The highest BCUT2D eigenvalue weighted by Gasteiger charge is 2.33. The maximum atomic E-state index is 13.9. The van der Waals surface area contributed by atoms with Crippen LogP contribution in [0.3, 0.4) is 0 Å². The van der Waals surface area contributed by atoms with Crippen LogP contribution in [0.15, 0.2) is 77.7 Å². The number of halogens is 2. The zero-order valence-corrected chi connectivity index (χ0v) is 25.0. The maximum absolute atomic E-state index is 13.9. The third kappa shape index (κ3) is 7.96. The number of hydrogen-bond donors (Lipinski definition) is 1. The van der Waals surface area contributed by atoms with Gasteiger partial charge in [-0.1, -0.05) is 54.4 Å². The Kier molecular flexibility index (Phi) is 10.7. The minimum atomic E-state index is -4.29. The van der Waals surface area contributed by atoms with Crippen LogP contribution in [0.2, 0.25) is 10.0 Å². The molecule has 0 bridgehead atoms. The molecule has 2 atom stereocenters. The maximum Gasteiger partial charge on any atom is 0.269 e. The predicted molar refractivity (Wildman–Crippen MR) is 158 cm³/mol. The summed E-state index contributed by atoms with van der Waals surface area (Å²) in [7, 11) is -4.29. The van der Waals surface area contributed by atoms with Crippen molar-refractivity contribution in [2.45, 2.75) is 50.7 Å². The van der Waals surface area contributed by atoms with E-state index in [9.17, 15) is 28.1 Å². The predicted octanol–water partition coefficient (Wildman–Crippen LogP) is 5.43. The average Bonchev–Trinajstić information content (AvgIpc) is 2.96. The van der Waals surface area contributed by atoms with Crippen molar-refractivity contribution in [3.63, 3.8) is 0 Å². The molecule has 3 aromatic carbocycles. The molecule has 0 aliphatic rings. The van der Waals surface area contributed by atoms with Crippen molar-refractivity contribution in [2.24, 2.45) is 0 Å². The van der Waals surface area contributed by atoms with E-state index in [2.05, 4.69) is 5.32 Å². The lowest BCUT2D eigenvalue weighted by molar-refractivity contribution is -0.384. The second-order valence-corrected chi connectivity index (χ2v) is 12.0. The van der Waals surface area contributed by atoms with Crippen molar-refractivity contribution in [3.05, 3.63) is 98.5 Å². The molecule has 10 nitrogen and oxygen atoms in total. The molecule has 3 aromatic rings. The third-order valence-electron chi connectivity index (χ3n) is 6.46. The molecule has 1 N–H and O–H groups in total. The van der Waals surface area contributed by atoms with Crippen molar-refractivity contribution in [2.75, 3.05) is 10.8 Å². The first kappa shape index (κ1) is 31.9. The fraction of sp³-hybridized carbons (Fsp3) is 0.286. The SMILES string of the molecule is CC[C@@H](C)NC(=O)[C@H](C)N(Cc1ccc(Cl)c(Cl)c1)C(=O)CN(c1ccc([N+](=O)[O-])cc1)S(=O)(=O)c1ccccc1. The topological polar surface area (TPSA) is 130 Å². The lowest BCUT2D eigenvalue weighted by Gasteiger charge is -2.32. The monoisotopic (exact) mass is 620 g/mol. The Labute approximate surface area is 249 Å². The molecule has 13 heteroatoms. The molecule has 0 aromatic heterocycles. The number of nitro groups is 1. The summed E-state index contributed by atoms with van der Waals surface area (Å²) in [6, 6.07) is 16.0. The van der Waals surface area contributed by atoms with Crippen LogP contribution in [0.4, 0.5) is 11.4 Å². The molecular weight excluding hydrogens is 591 g/mol. The molecule has 0 heterocycles. The Morgan fingerprint density at radius 2 is 1.61 bits per heavy atom. The van der Waals surface area contributed by atoms with E-state index in [0.29, 0.717) is 17.0 Å². The van der Waals surface area contributed by atoms with Crippen molar-refractivity contribution < 1.29 is 22.9 Å². The standard InChI is InChI=1S/C28H30Cl2N4O6S/c1-4-19(2)31-28(36)20(3)32(17-21-10-15-25(29)26(30)16-21)27(35)18-33(22-11-13-23(14-12-22)34(37)38)41(39,40)24-8-6-5-7-9-24/h5-16,19-20H,4,17-18H2,1-3H3,(H,31,36)/t19-,20+/m1/s1. The fourth-order valence-electron chi connectivity index (χ4n) is 3.87. The fourth-order valence-corrected chi connectivity index (χ4v) is 5.63. The van der Waals surface area contributed by atoms with E-state index in [1.165, 1.54) is 29.2 Å². The molecule has 0 saturated heterocycles. The van der Waals surface area contributed by atoms with Gasteiger partial charge in [-0.2, -0.15) is 0 Å². The Morgan fingerprint density at radius 3 is 2.17 bits per heavy atom. The number of sulfonamides is 1. The van der Waals surface area contributed by atoms with Crippen LogP contribution < -0.4 is 9.62 Å². The average molecular weight is 622 g/mol. The first-order chi connectivity index (χ1) is 19.3. The van der Waals surface area contributed by atoms with Crippen LogP contribution >= 0.6 is 23.2 Å². The number of hydrogen-bond acceptors (Lipinski definition) is 6. The first-order valence-electron chi connectivity index (χ1n) is 12.7. The Hall–Kier alpha value is -3.67. The van der Waals surface area contributed by atoms with E-state index in [-0.39, 0.29) is 33.9 Å². The van der Waals surface area contributed by atoms with Gasteiger partial charge in [-0.3, -0.25) is 24.0 Å². The molecule has 0 spiro atoms. The number of carbonyl (C=O) groups excluding carboxylic acids is 2.